The van der Waals surface area contributed by atoms with E-state index in [2.05, 4.69) is 13.8 Å². The van der Waals surface area contributed by atoms with Gasteiger partial charge in [0.1, 0.15) is 11.5 Å². The second kappa shape index (κ2) is 13.0. The highest BCUT2D eigenvalue weighted by molar-refractivity contribution is 6.32. The van der Waals surface area contributed by atoms with E-state index in [-0.39, 0.29) is 16.5 Å². The van der Waals surface area contributed by atoms with E-state index in [9.17, 15) is 9.59 Å². The predicted molar refractivity (Wildman–Crippen MR) is 136 cm³/mol. The summed E-state index contributed by atoms with van der Waals surface area (Å²) in [5.74, 6) is -0.478. The zero-order valence-corrected chi connectivity index (χ0v) is 20.6. The molecule has 0 fully saturated rings. The normalized spacial score (nSPS) is 10.7. The smallest absolute Gasteiger partial charge is 0.343 e. The number of rotatable bonds is 11. The Morgan fingerprint density at radius 3 is 1.82 bits per heavy atom. The number of carbonyl (C=O) groups is 2. The Balaban J connectivity index is 1.57. The first-order chi connectivity index (χ1) is 16.5. The van der Waals surface area contributed by atoms with Gasteiger partial charge in [0.15, 0.2) is 0 Å². The fraction of sp³-hybridized carbons (Fsp3) is 0.310. The van der Waals surface area contributed by atoms with Crippen LogP contribution in [0.2, 0.25) is 5.02 Å². The summed E-state index contributed by atoms with van der Waals surface area (Å²) in [6.07, 6.45) is 7.84. The van der Waals surface area contributed by atoms with E-state index >= 15 is 0 Å². The lowest BCUT2D eigenvalue weighted by atomic mass is 10.0. The van der Waals surface area contributed by atoms with E-state index in [1.54, 1.807) is 30.3 Å². The van der Waals surface area contributed by atoms with Crippen LogP contribution in [0.15, 0.2) is 66.7 Å². The van der Waals surface area contributed by atoms with Crippen LogP contribution in [0.25, 0.3) is 0 Å². The average Bonchev–Trinajstić information content (AvgIpc) is 2.84. The maximum Gasteiger partial charge on any atom is 0.343 e. The van der Waals surface area contributed by atoms with Gasteiger partial charge in [-0.3, -0.25) is 0 Å². The molecule has 0 unspecified atom stereocenters. The van der Waals surface area contributed by atoms with E-state index < -0.39 is 11.9 Å². The lowest BCUT2D eigenvalue weighted by Crippen LogP contribution is -2.10. The van der Waals surface area contributed by atoms with Crippen LogP contribution in [0, 0.1) is 0 Å². The van der Waals surface area contributed by atoms with Crippen molar-refractivity contribution in [3.05, 3.63) is 94.0 Å². The molecule has 5 heteroatoms. The summed E-state index contributed by atoms with van der Waals surface area (Å²) < 4.78 is 10.9. The molecule has 0 saturated heterocycles. The number of ether oxygens (including phenoxy) is 2. The van der Waals surface area contributed by atoms with Gasteiger partial charge in [0, 0.05) is 6.07 Å². The lowest BCUT2D eigenvalue weighted by Gasteiger charge is -2.09. The SMILES string of the molecule is CCCCCCc1ccc(C(=O)Oc2ccc(OC(=O)c3ccc(CCC)cc3)c(Cl)c2)cc1. The molecule has 3 aromatic rings. The van der Waals surface area contributed by atoms with Gasteiger partial charge in [0.05, 0.1) is 16.1 Å². The van der Waals surface area contributed by atoms with E-state index in [1.807, 2.05) is 24.3 Å². The molecule has 0 spiro atoms. The second-order valence-electron chi connectivity index (χ2n) is 8.33. The van der Waals surface area contributed by atoms with Crippen molar-refractivity contribution >= 4 is 23.5 Å². The molecule has 0 aliphatic carbocycles. The number of aryl methyl sites for hydroxylation is 2. The van der Waals surface area contributed by atoms with Crippen molar-refractivity contribution in [1.29, 1.82) is 0 Å². The first-order valence-corrected chi connectivity index (χ1v) is 12.3. The minimum absolute atomic E-state index is 0.184. The van der Waals surface area contributed by atoms with Crippen LogP contribution in [0.3, 0.4) is 0 Å². The van der Waals surface area contributed by atoms with Crippen molar-refractivity contribution < 1.29 is 19.1 Å². The topological polar surface area (TPSA) is 52.6 Å². The second-order valence-corrected chi connectivity index (χ2v) is 8.73. The molecular weight excluding hydrogens is 448 g/mol. The van der Waals surface area contributed by atoms with E-state index in [0.717, 1.165) is 25.7 Å². The molecule has 3 rings (SSSR count). The Hall–Kier alpha value is -3.11. The fourth-order valence-electron chi connectivity index (χ4n) is 3.61. The molecule has 0 N–H and O–H groups in total. The highest BCUT2D eigenvalue weighted by Gasteiger charge is 2.14. The summed E-state index contributed by atoms with van der Waals surface area (Å²) in [7, 11) is 0. The Bertz CT molecular complexity index is 1090. The van der Waals surface area contributed by atoms with Gasteiger partial charge in [-0.15, -0.1) is 0 Å². The molecule has 0 radical (unpaired) electrons. The van der Waals surface area contributed by atoms with Crippen molar-refractivity contribution in [1.82, 2.24) is 0 Å². The molecule has 0 bridgehead atoms. The minimum atomic E-state index is -0.496. The number of benzene rings is 3. The minimum Gasteiger partial charge on any atom is -0.423 e. The summed E-state index contributed by atoms with van der Waals surface area (Å²) >= 11 is 6.28. The number of hydrogen-bond donors (Lipinski definition) is 0. The number of hydrogen-bond acceptors (Lipinski definition) is 4. The van der Waals surface area contributed by atoms with Gasteiger partial charge >= 0.3 is 11.9 Å². The highest BCUT2D eigenvalue weighted by Crippen LogP contribution is 2.30. The molecule has 178 valence electrons. The van der Waals surface area contributed by atoms with Crippen LogP contribution in [0.5, 0.6) is 11.5 Å². The van der Waals surface area contributed by atoms with E-state index in [1.165, 1.54) is 42.5 Å². The molecule has 4 nitrogen and oxygen atoms in total. The molecule has 0 saturated carbocycles. The van der Waals surface area contributed by atoms with Crippen LogP contribution >= 0.6 is 11.6 Å². The number of esters is 2. The largest absolute Gasteiger partial charge is 0.423 e. The van der Waals surface area contributed by atoms with Gasteiger partial charge in [-0.25, -0.2) is 9.59 Å². The third-order valence-electron chi connectivity index (χ3n) is 5.55. The van der Waals surface area contributed by atoms with Gasteiger partial charge in [0.2, 0.25) is 0 Å². The first-order valence-electron chi connectivity index (χ1n) is 11.9. The molecule has 0 aromatic heterocycles. The molecule has 0 aliphatic heterocycles. The average molecular weight is 479 g/mol. The Morgan fingerprint density at radius 1 is 0.676 bits per heavy atom. The fourth-order valence-corrected chi connectivity index (χ4v) is 3.82. The van der Waals surface area contributed by atoms with Crippen molar-refractivity contribution in [3.8, 4) is 11.5 Å². The van der Waals surface area contributed by atoms with Crippen molar-refractivity contribution in [2.75, 3.05) is 0 Å². The molecule has 34 heavy (non-hydrogen) atoms. The van der Waals surface area contributed by atoms with E-state index in [4.69, 9.17) is 21.1 Å². The van der Waals surface area contributed by atoms with Gasteiger partial charge in [0.25, 0.3) is 0 Å². The van der Waals surface area contributed by atoms with E-state index in [0.29, 0.717) is 11.1 Å². The van der Waals surface area contributed by atoms with Gasteiger partial charge < -0.3 is 9.47 Å². The highest BCUT2D eigenvalue weighted by atomic mass is 35.5. The van der Waals surface area contributed by atoms with Gasteiger partial charge in [-0.05, 0) is 66.8 Å². The van der Waals surface area contributed by atoms with Gasteiger partial charge in [-0.1, -0.05) is 75.4 Å². The molecule has 3 aromatic carbocycles. The molecule has 0 amide bonds. The van der Waals surface area contributed by atoms with Crippen LogP contribution in [0.1, 0.15) is 77.8 Å². The van der Waals surface area contributed by atoms with Crippen molar-refractivity contribution in [3.63, 3.8) is 0 Å². The summed E-state index contributed by atoms with van der Waals surface area (Å²) in [6.45, 7) is 4.30. The summed E-state index contributed by atoms with van der Waals surface area (Å²) in [5.41, 5.74) is 3.29. The van der Waals surface area contributed by atoms with Crippen LogP contribution in [-0.2, 0) is 12.8 Å². The quantitative estimate of drug-likeness (QED) is 0.160. The monoisotopic (exact) mass is 478 g/mol. The number of carbonyl (C=O) groups excluding carboxylic acids is 2. The summed E-state index contributed by atoms with van der Waals surface area (Å²) in [6, 6.07) is 19.4. The maximum absolute atomic E-state index is 12.5. The van der Waals surface area contributed by atoms with Crippen LogP contribution < -0.4 is 9.47 Å². The molecular formula is C29H31ClO4. The summed E-state index contributed by atoms with van der Waals surface area (Å²) in [5, 5.41) is 0.184. The third-order valence-corrected chi connectivity index (χ3v) is 5.85. The van der Waals surface area contributed by atoms with Crippen molar-refractivity contribution in [2.24, 2.45) is 0 Å². The zero-order valence-electron chi connectivity index (χ0n) is 19.8. The van der Waals surface area contributed by atoms with Crippen LogP contribution in [0.4, 0.5) is 0 Å². The lowest BCUT2D eigenvalue weighted by molar-refractivity contribution is 0.0719. The maximum atomic E-state index is 12.5. The Morgan fingerprint density at radius 2 is 1.26 bits per heavy atom. The zero-order chi connectivity index (χ0) is 24.3. The number of unbranched alkanes of at least 4 members (excludes halogenated alkanes) is 3. The molecule has 0 atom stereocenters. The first kappa shape index (κ1) is 25.5. The summed E-state index contributed by atoms with van der Waals surface area (Å²) in [4.78, 5) is 24.9. The number of halogens is 1. The van der Waals surface area contributed by atoms with Crippen molar-refractivity contribution in [2.45, 2.75) is 58.8 Å². The molecule has 0 aliphatic rings. The third kappa shape index (κ3) is 7.46. The van der Waals surface area contributed by atoms with Gasteiger partial charge in [-0.2, -0.15) is 0 Å². The predicted octanol–water partition coefficient (Wildman–Crippen LogP) is 7.85. The van der Waals surface area contributed by atoms with Crippen LogP contribution in [-0.4, -0.2) is 11.9 Å². The Kier molecular flexibility index (Phi) is 9.72. The standard InChI is InChI=1S/C29H31ClO4/c1-3-5-6-7-9-22-12-16-23(17-13-22)28(31)33-25-18-19-27(26(30)20-25)34-29(32)24-14-10-21(8-4-2)11-15-24/h10-20H,3-9H2,1-2H3. The Labute approximate surface area is 206 Å². The molecule has 0 heterocycles.